The van der Waals surface area contributed by atoms with Crippen LogP contribution >= 0.6 is 11.8 Å². The van der Waals surface area contributed by atoms with E-state index < -0.39 is 6.04 Å². The van der Waals surface area contributed by atoms with Gasteiger partial charge in [0.25, 0.3) is 0 Å². The molecule has 0 spiro atoms. The van der Waals surface area contributed by atoms with E-state index in [1.807, 2.05) is 43.7 Å². The molecule has 7 heteroatoms. The quantitative estimate of drug-likeness (QED) is 0.342. The van der Waals surface area contributed by atoms with Crippen LogP contribution in [0.3, 0.4) is 0 Å². The van der Waals surface area contributed by atoms with Crippen LogP contribution in [-0.2, 0) is 20.7 Å². The zero-order valence-electron chi connectivity index (χ0n) is 20.6. The van der Waals surface area contributed by atoms with Gasteiger partial charge in [0.05, 0.1) is 11.7 Å². The number of carbonyl (C=O) groups is 1. The molecule has 0 saturated heterocycles. The van der Waals surface area contributed by atoms with E-state index in [2.05, 4.69) is 62.5 Å². The molecular weight excluding hydrogens is 444 g/mol. The number of nitrogens with one attached hydrogen (secondary N) is 1. The minimum atomic E-state index is -0.421. The van der Waals surface area contributed by atoms with Gasteiger partial charge < -0.3 is 10.1 Å². The molecule has 1 aromatic heterocycles. The Bertz CT molecular complexity index is 1190. The Labute approximate surface area is 205 Å². The SMILES string of the molecule is CC1=C(C(=O)OC(C)C)C(c2ccc(C(C)(C)C)cc2)n2nc(SCc3ccccc3)nc2N1. The number of benzene rings is 2. The summed E-state index contributed by atoms with van der Waals surface area (Å²) in [6.07, 6.45) is -0.217. The lowest BCUT2D eigenvalue weighted by atomic mass is 9.85. The Morgan fingerprint density at radius 2 is 1.79 bits per heavy atom. The van der Waals surface area contributed by atoms with Crippen molar-refractivity contribution in [3.63, 3.8) is 0 Å². The number of nitrogens with zero attached hydrogens (tertiary/aromatic N) is 3. The molecule has 178 valence electrons. The van der Waals surface area contributed by atoms with Crippen LogP contribution in [0.1, 0.15) is 64.3 Å². The molecule has 0 radical (unpaired) electrons. The maximum Gasteiger partial charge on any atom is 0.338 e. The fourth-order valence-corrected chi connectivity index (χ4v) is 4.72. The van der Waals surface area contributed by atoms with Crippen molar-refractivity contribution >= 4 is 23.7 Å². The zero-order valence-corrected chi connectivity index (χ0v) is 21.4. The van der Waals surface area contributed by atoms with Crippen molar-refractivity contribution in [3.8, 4) is 0 Å². The molecule has 1 aliphatic rings. The molecule has 1 atom stereocenters. The molecule has 1 aliphatic heterocycles. The van der Waals surface area contributed by atoms with E-state index in [1.54, 1.807) is 11.8 Å². The summed E-state index contributed by atoms with van der Waals surface area (Å²) in [6.45, 7) is 12.2. The summed E-state index contributed by atoms with van der Waals surface area (Å²) in [5, 5.41) is 8.74. The van der Waals surface area contributed by atoms with E-state index in [4.69, 9.17) is 14.8 Å². The first-order valence-corrected chi connectivity index (χ1v) is 12.5. The first-order chi connectivity index (χ1) is 16.1. The summed E-state index contributed by atoms with van der Waals surface area (Å²) in [5.74, 6) is 1.05. The Morgan fingerprint density at radius 1 is 1.12 bits per heavy atom. The zero-order chi connectivity index (χ0) is 24.5. The van der Waals surface area contributed by atoms with Gasteiger partial charge in [0.15, 0.2) is 0 Å². The normalized spacial score (nSPS) is 15.8. The second-order valence-corrected chi connectivity index (χ2v) is 10.8. The van der Waals surface area contributed by atoms with E-state index in [0.717, 1.165) is 17.0 Å². The number of carbonyl (C=O) groups excluding carboxylic acids is 1. The van der Waals surface area contributed by atoms with Crippen molar-refractivity contribution < 1.29 is 9.53 Å². The smallest absolute Gasteiger partial charge is 0.338 e. The fraction of sp³-hybridized carbons (Fsp3) is 0.370. The van der Waals surface area contributed by atoms with Crippen LogP contribution in [0.4, 0.5) is 5.95 Å². The number of hydrogen-bond acceptors (Lipinski definition) is 6. The van der Waals surface area contributed by atoms with Crippen LogP contribution in [0.2, 0.25) is 0 Å². The van der Waals surface area contributed by atoms with E-state index >= 15 is 0 Å². The second-order valence-electron chi connectivity index (χ2n) is 9.83. The number of rotatable bonds is 6. The molecule has 4 rings (SSSR count). The molecule has 34 heavy (non-hydrogen) atoms. The fourth-order valence-electron chi connectivity index (χ4n) is 3.93. The summed E-state index contributed by atoms with van der Waals surface area (Å²) in [4.78, 5) is 17.9. The third-order valence-corrected chi connectivity index (χ3v) is 6.61. The van der Waals surface area contributed by atoms with Crippen LogP contribution in [0.5, 0.6) is 0 Å². The van der Waals surface area contributed by atoms with Crippen molar-refractivity contribution in [1.29, 1.82) is 0 Å². The number of aromatic nitrogens is 3. The van der Waals surface area contributed by atoms with E-state index in [9.17, 15) is 4.79 Å². The highest BCUT2D eigenvalue weighted by Crippen LogP contribution is 2.38. The van der Waals surface area contributed by atoms with Crippen LogP contribution in [0.25, 0.3) is 0 Å². The topological polar surface area (TPSA) is 69.0 Å². The Balaban J connectivity index is 1.71. The maximum absolute atomic E-state index is 13.2. The van der Waals surface area contributed by atoms with Gasteiger partial charge in [-0.15, -0.1) is 5.10 Å². The van der Waals surface area contributed by atoms with Gasteiger partial charge in [-0.05, 0) is 42.9 Å². The van der Waals surface area contributed by atoms with Crippen LogP contribution in [0.15, 0.2) is 71.0 Å². The third kappa shape index (κ3) is 5.20. The minimum Gasteiger partial charge on any atom is -0.459 e. The maximum atomic E-state index is 13.2. The Hall–Kier alpha value is -3.06. The summed E-state index contributed by atoms with van der Waals surface area (Å²) < 4.78 is 7.42. The standard InChI is InChI=1S/C27H32N4O2S/c1-17(2)33-24(32)22-18(3)28-25-29-26(34-16-19-10-8-7-9-11-19)30-31(25)23(22)20-12-14-21(15-13-20)27(4,5)6/h7-15,17,23H,16H2,1-6H3,(H,28,29,30). The summed E-state index contributed by atoms with van der Waals surface area (Å²) in [7, 11) is 0. The van der Waals surface area contributed by atoms with Gasteiger partial charge in [-0.1, -0.05) is 87.1 Å². The van der Waals surface area contributed by atoms with Crippen LogP contribution in [0, 0.1) is 0 Å². The monoisotopic (exact) mass is 476 g/mol. The number of fused-ring (bicyclic) bond motifs is 1. The first-order valence-electron chi connectivity index (χ1n) is 11.6. The highest BCUT2D eigenvalue weighted by Gasteiger charge is 2.35. The summed E-state index contributed by atoms with van der Waals surface area (Å²) in [6, 6.07) is 18.2. The van der Waals surface area contributed by atoms with Gasteiger partial charge in [-0.2, -0.15) is 4.98 Å². The molecule has 2 heterocycles. The van der Waals surface area contributed by atoms with Gasteiger partial charge >= 0.3 is 5.97 Å². The molecule has 6 nitrogen and oxygen atoms in total. The lowest BCUT2D eigenvalue weighted by Crippen LogP contribution is -2.30. The minimum absolute atomic E-state index is 0.0392. The molecule has 0 bridgehead atoms. The molecule has 0 amide bonds. The average molecular weight is 477 g/mol. The molecule has 1 unspecified atom stereocenters. The highest BCUT2D eigenvalue weighted by atomic mass is 32.2. The van der Waals surface area contributed by atoms with Crippen LogP contribution < -0.4 is 5.32 Å². The predicted octanol–water partition coefficient (Wildman–Crippen LogP) is 6.11. The van der Waals surface area contributed by atoms with E-state index in [1.165, 1.54) is 11.1 Å². The first kappa shape index (κ1) is 24.1. The number of ether oxygens (including phenoxy) is 1. The number of allylic oxidation sites excluding steroid dienone is 1. The van der Waals surface area contributed by atoms with Crippen molar-refractivity contribution in [1.82, 2.24) is 14.8 Å². The number of hydrogen-bond donors (Lipinski definition) is 1. The molecule has 2 aromatic carbocycles. The molecule has 3 aromatic rings. The summed E-state index contributed by atoms with van der Waals surface area (Å²) >= 11 is 1.57. The molecule has 1 N–H and O–H groups in total. The lowest BCUT2D eigenvalue weighted by molar-refractivity contribution is -0.143. The van der Waals surface area contributed by atoms with Crippen molar-refractivity contribution in [2.75, 3.05) is 5.32 Å². The molecular formula is C27H32N4O2S. The van der Waals surface area contributed by atoms with Gasteiger partial charge in [0.1, 0.15) is 6.04 Å². The summed E-state index contributed by atoms with van der Waals surface area (Å²) in [5.41, 5.74) is 4.73. The van der Waals surface area contributed by atoms with Gasteiger partial charge in [0.2, 0.25) is 11.1 Å². The highest BCUT2D eigenvalue weighted by molar-refractivity contribution is 7.98. The lowest BCUT2D eigenvalue weighted by Gasteiger charge is -2.29. The Kier molecular flexibility index (Phi) is 6.84. The van der Waals surface area contributed by atoms with Crippen molar-refractivity contribution in [3.05, 3.63) is 82.6 Å². The number of esters is 1. The van der Waals surface area contributed by atoms with Gasteiger partial charge in [-0.3, -0.25) is 0 Å². The van der Waals surface area contributed by atoms with Crippen LogP contribution in [-0.4, -0.2) is 26.8 Å². The third-order valence-electron chi connectivity index (χ3n) is 5.70. The average Bonchev–Trinajstić information content (AvgIpc) is 3.18. The van der Waals surface area contributed by atoms with Crippen molar-refractivity contribution in [2.45, 2.75) is 70.0 Å². The number of thioether (sulfide) groups is 1. The number of anilines is 1. The molecule has 0 aliphatic carbocycles. The Morgan fingerprint density at radius 3 is 2.41 bits per heavy atom. The van der Waals surface area contributed by atoms with Gasteiger partial charge in [-0.25, -0.2) is 9.48 Å². The largest absolute Gasteiger partial charge is 0.459 e. The molecule has 0 saturated carbocycles. The van der Waals surface area contributed by atoms with E-state index in [0.29, 0.717) is 16.7 Å². The second kappa shape index (κ2) is 9.66. The predicted molar refractivity (Wildman–Crippen MR) is 137 cm³/mol. The molecule has 0 fully saturated rings. The van der Waals surface area contributed by atoms with Gasteiger partial charge in [0, 0.05) is 11.4 Å². The van der Waals surface area contributed by atoms with Crippen molar-refractivity contribution in [2.24, 2.45) is 0 Å². The van der Waals surface area contributed by atoms with E-state index in [-0.39, 0.29) is 17.5 Å².